The summed E-state index contributed by atoms with van der Waals surface area (Å²) in [4.78, 5) is 2.52. The number of anilines is 1. The first-order chi connectivity index (χ1) is 8.56. The summed E-state index contributed by atoms with van der Waals surface area (Å²) >= 11 is 3.58. The van der Waals surface area contributed by atoms with E-state index in [1.807, 2.05) is 0 Å². The smallest absolute Gasteiger partial charge is 0.0407 e. The van der Waals surface area contributed by atoms with Crippen LogP contribution in [0, 0.1) is 6.92 Å². The van der Waals surface area contributed by atoms with E-state index in [-0.39, 0.29) is 0 Å². The number of rotatable bonds is 3. The van der Waals surface area contributed by atoms with Crippen molar-refractivity contribution < 1.29 is 0 Å². The highest BCUT2D eigenvalue weighted by Gasteiger charge is 2.21. The van der Waals surface area contributed by atoms with E-state index in [2.05, 4.69) is 65.1 Å². The zero-order chi connectivity index (χ0) is 13.1. The Morgan fingerprint density at radius 1 is 1.39 bits per heavy atom. The number of nitrogens with zero attached hydrogens (tertiary/aromatic N) is 1. The molecule has 0 aliphatic carbocycles. The van der Waals surface area contributed by atoms with Crippen LogP contribution >= 0.6 is 15.9 Å². The summed E-state index contributed by atoms with van der Waals surface area (Å²) in [7, 11) is 0. The minimum Gasteiger partial charge on any atom is -0.370 e. The van der Waals surface area contributed by atoms with Gasteiger partial charge in [-0.3, -0.25) is 0 Å². The van der Waals surface area contributed by atoms with Crippen molar-refractivity contribution >= 4 is 21.6 Å². The standard InChI is InChI=1S/C15H23BrN2/c1-11(2)17-14-5-4-8-18(10-14)15-9-13(16)7-6-12(15)3/h6-7,9,11,14,17H,4-5,8,10H2,1-3H3. The van der Waals surface area contributed by atoms with Crippen molar-refractivity contribution in [2.24, 2.45) is 0 Å². The topological polar surface area (TPSA) is 15.3 Å². The lowest BCUT2D eigenvalue weighted by atomic mass is 10.0. The molecule has 1 aromatic carbocycles. The molecule has 1 heterocycles. The number of nitrogens with one attached hydrogen (secondary N) is 1. The molecule has 1 aromatic rings. The van der Waals surface area contributed by atoms with E-state index in [1.54, 1.807) is 0 Å². The second-order valence-electron chi connectivity index (χ2n) is 5.54. The van der Waals surface area contributed by atoms with Crippen LogP contribution in [-0.4, -0.2) is 25.2 Å². The van der Waals surface area contributed by atoms with Crippen molar-refractivity contribution in [1.29, 1.82) is 0 Å². The molecule has 0 bridgehead atoms. The summed E-state index contributed by atoms with van der Waals surface area (Å²) in [6.45, 7) is 8.94. The normalized spacial score (nSPS) is 20.5. The number of benzene rings is 1. The van der Waals surface area contributed by atoms with Gasteiger partial charge in [-0.2, -0.15) is 0 Å². The summed E-state index contributed by atoms with van der Waals surface area (Å²) in [6, 6.07) is 7.74. The first-order valence-electron chi connectivity index (χ1n) is 6.83. The number of aryl methyl sites for hydroxylation is 1. The van der Waals surface area contributed by atoms with E-state index < -0.39 is 0 Å². The largest absolute Gasteiger partial charge is 0.370 e. The van der Waals surface area contributed by atoms with Crippen molar-refractivity contribution in [3.63, 3.8) is 0 Å². The van der Waals surface area contributed by atoms with Gasteiger partial charge in [0.2, 0.25) is 0 Å². The van der Waals surface area contributed by atoms with Crippen molar-refractivity contribution in [1.82, 2.24) is 5.32 Å². The number of hydrogen-bond acceptors (Lipinski definition) is 2. The lowest BCUT2D eigenvalue weighted by Crippen LogP contribution is -2.48. The molecule has 100 valence electrons. The van der Waals surface area contributed by atoms with Gasteiger partial charge in [0, 0.05) is 35.3 Å². The Morgan fingerprint density at radius 3 is 2.89 bits per heavy atom. The fourth-order valence-electron chi connectivity index (χ4n) is 2.73. The predicted octanol–water partition coefficient (Wildman–Crippen LogP) is 3.72. The second-order valence-corrected chi connectivity index (χ2v) is 6.45. The molecule has 1 aliphatic rings. The van der Waals surface area contributed by atoms with Gasteiger partial charge in [0.05, 0.1) is 0 Å². The van der Waals surface area contributed by atoms with Crippen LogP contribution in [0.15, 0.2) is 22.7 Å². The molecule has 0 radical (unpaired) electrons. The molecule has 1 saturated heterocycles. The Balaban J connectivity index is 2.10. The average molecular weight is 311 g/mol. The average Bonchev–Trinajstić information content (AvgIpc) is 2.32. The molecule has 1 N–H and O–H groups in total. The van der Waals surface area contributed by atoms with E-state index in [4.69, 9.17) is 0 Å². The summed E-state index contributed by atoms with van der Waals surface area (Å²) in [6.07, 6.45) is 2.57. The summed E-state index contributed by atoms with van der Waals surface area (Å²) in [5.74, 6) is 0. The molecule has 0 saturated carbocycles. The van der Waals surface area contributed by atoms with Gasteiger partial charge in [-0.25, -0.2) is 0 Å². The Kier molecular flexibility index (Phi) is 4.68. The second kappa shape index (κ2) is 6.07. The third-order valence-electron chi connectivity index (χ3n) is 3.50. The van der Waals surface area contributed by atoms with Gasteiger partial charge in [-0.15, -0.1) is 0 Å². The van der Waals surface area contributed by atoms with Gasteiger partial charge in [-0.1, -0.05) is 35.8 Å². The Labute approximate surface area is 119 Å². The van der Waals surface area contributed by atoms with E-state index in [0.717, 1.165) is 6.54 Å². The van der Waals surface area contributed by atoms with Crippen LogP contribution in [0.2, 0.25) is 0 Å². The number of halogens is 1. The predicted molar refractivity (Wildman–Crippen MR) is 82.4 cm³/mol. The highest BCUT2D eigenvalue weighted by atomic mass is 79.9. The lowest BCUT2D eigenvalue weighted by molar-refractivity contribution is 0.394. The van der Waals surface area contributed by atoms with Crippen LogP contribution in [0.5, 0.6) is 0 Å². The van der Waals surface area contributed by atoms with Crippen LogP contribution in [-0.2, 0) is 0 Å². The molecule has 1 unspecified atom stereocenters. The fraction of sp³-hybridized carbons (Fsp3) is 0.600. The highest BCUT2D eigenvalue weighted by molar-refractivity contribution is 9.10. The molecule has 18 heavy (non-hydrogen) atoms. The van der Waals surface area contributed by atoms with E-state index in [1.165, 1.54) is 35.1 Å². The van der Waals surface area contributed by atoms with Crippen molar-refractivity contribution in [2.75, 3.05) is 18.0 Å². The van der Waals surface area contributed by atoms with Crippen molar-refractivity contribution in [3.8, 4) is 0 Å². The monoisotopic (exact) mass is 310 g/mol. The molecule has 1 aliphatic heterocycles. The van der Waals surface area contributed by atoms with Crippen LogP contribution in [0.1, 0.15) is 32.3 Å². The zero-order valence-electron chi connectivity index (χ0n) is 11.5. The molecule has 1 atom stereocenters. The van der Waals surface area contributed by atoms with Gasteiger partial charge in [0.1, 0.15) is 0 Å². The minimum atomic E-state index is 0.568. The highest BCUT2D eigenvalue weighted by Crippen LogP contribution is 2.27. The van der Waals surface area contributed by atoms with Crippen LogP contribution in [0.3, 0.4) is 0 Å². The molecule has 0 aromatic heterocycles. The minimum absolute atomic E-state index is 0.568. The third kappa shape index (κ3) is 3.48. The van der Waals surface area contributed by atoms with Gasteiger partial charge in [0.15, 0.2) is 0 Å². The fourth-order valence-corrected chi connectivity index (χ4v) is 3.08. The Bertz CT molecular complexity index is 403. The SMILES string of the molecule is Cc1ccc(Br)cc1N1CCCC(NC(C)C)C1. The van der Waals surface area contributed by atoms with E-state index >= 15 is 0 Å². The molecular formula is C15H23BrN2. The summed E-state index contributed by atoms with van der Waals surface area (Å²) < 4.78 is 1.17. The Morgan fingerprint density at radius 2 is 2.17 bits per heavy atom. The maximum Gasteiger partial charge on any atom is 0.0407 e. The quantitative estimate of drug-likeness (QED) is 0.915. The third-order valence-corrected chi connectivity index (χ3v) is 4.00. The van der Waals surface area contributed by atoms with Gasteiger partial charge >= 0.3 is 0 Å². The first kappa shape index (κ1) is 13.9. The maximum atomic E-state index is 3.66. The Hall–Kier alpha value is -0.540. The number of piperidine rings is 1. The zero-order valence-corrected chi connectivity index (χ0v) is 13.1. The summed E-state index contributed by atoms with van der Waals surface area (Å²) in [5.41, 5.74) is 2.74. The first-order valence-corrected chi connectivity index (χ1v) is 7.62. The van der Waals surface area contributed by atoms with Crippen molar-refractivity contribution in [3.05, 3.63) is 28.2 Å². The maximum absolute atomic E-state index is 3.66. The number of hydrogen-bond donors (Lipinski definition) is 1. The van der Waals surface area contributed by atoms with Crippen LogP contribution < -0.4 is 10.2 Å². The van der Waals surface area contributed by atoms with Gasteiger partial charge in [-0.05, 0) is 37.5 Å². The molecular weight excluding hydrogens is 288 g/mol. The molecule has 0 amide bonds. The van der Waals surface area contributed by atoms with E-state index in [9.17, 15) is 0 Å². The van der Waals surface area contributed by atoms with Crippen molar-refractivity contribution in [2.45, 2.75) is 45.7 Å². The molecule has 0 spiro atoms. The molecule has 2 rings (SSSR count). The summed E-state index contributed by atoms with van der Waals surface area (Å²) in [5, 5.41) is 3.66. The molecule has 2 nitrogen and oxygen atoms in total. The lowest BCUT2D eigenvalue weighted by Gasteiger charge is -2.36. The molecule has 3 heteroatoms. The van der Waals surface area contributed by atoms with E-state index in [0.29, 0.717) is 12.1 Å². The van der Waals surface area contributed by atoms with Gasteiger partial charge < -0.3 is 10.2 Å². The van der Waals surface area contributed by atoms with Crippen LogP contribution in [0.4, 0.5) is 5.69 Å². The molecule has 1 fully saturated rings. The van der Waals surface area contributed by atoms with Gasteiger partial charge in [0.25, 0.3) is 0 Å². The van der Waals surface area contributed by atoms with Crippen LogP contribution in [0.25, 0.3) is 0 Å².